The summed E-state index contributed by atoms with van der Waals surface area (Å²) in [4.78, 5) is 22.7. The van der Waals surface area contributed by atoms with Crippen molar-refractivity contribution in [2.75, 3.05) is 27.4 Å². The van der Waals surface area contributed by atoms with Crippen molar-refractivity contribution in [3.05, 3.63) is 23.8 Å². The first-order valence-electron chi connectivity index (χ1n) is 7.24. The van der Waals surface area contributed by atoms with E-state index in [4.69, 9.17) is 14.2 Å². The van der Waals surface area contributed by atoms with Crippen molar-refractivity contribution in [1.29, 1.82) is 0 Å². The van der Waals surface area contributed by atoms with Crippen molar-refractivity contribution < 1.29 is 23.8 Å². The van der Waals surface area contributed by atoms with E-state index < -0.39 is 0 Å². The van der Waals surface area contributed by atoms with Crippen LogP contribution in [0.4, 0.5) is 0 Å². The molecule has 6 nitrogen and oxygen atoms in total. The molecule has 0 aliphatic rings. The summed E-state index contributed by atoms with van der Waals surface area (Å²) in [6.45, 7) is 2.11. The number of nitrogens with one attached hydrogen (secondary N) is 1. The maximum Gasteiger partial charge on any atom is 0.306 e. The number of benzene rings is 1. The minimum absolute atomic E-state index is 0.231. The van der Waals surface area contributed by atoms with Gasteiger partial charge in [0.1, 0.15) is 0 Å². The topological polar surface area (TPSA) is 73.9 Å². The van der Waals surface area contributed by atoms with Crippen LogP contribution in [-0.2, 0) is 20.7 Å². The quantitative estimate of drug-likeness (QED) is 0.703. The Labute approximate surface area is 130 Å². The van der Waals surface area contributed by atoms with Crippen LogP contribution in [0.15, 0.2) is 18.2 Å². The van der Waals surface area contributed by atoms with Gasteiger partial charge in [0.2, 0.25) is 0 Å². The summed E-state index contributed by atoms with van der Waals surface area (Å²) < 4.78 is 15.2. The lowest BCUT2D eigenvalue weighted by Crippen LogP contribution is -2.30. The average molecular weight is 309 g/mol. The molecule has 0 spiro atoms. The lowest BCUT2D eigenvalue weighted by Gasteiger charge is -2.10. The first-order valence-corrected chi connectivity index (χ1v) is 7.24. The average Bonchev–Trinajstić information content (AvgIpc) is 2.53. The third-order valence-corrected chi connectivity index (χ3v) is 3.00. The van der Waals surface area contributed by atoms with Crippen LogP contribution in [0.2, 0.25) is 0 Å². The summed E-state index contributed by atoms with van der Waals surface area (Å²) >= 11 is 0. The van der Waals surface area contributed by atoms with Crippen LogP contribution >= 0.6 is 0 Å². The molecule has 22 heavy (non-hydrogen) atoms. The second-order valence-corrected chi connectivity index (χ2v) is 4.70. The molecule has 6 heteroatoms. The van der Waals surface area contributed by atoms with Gasteiger partial charge >= 0.3 is 5.97 Å². The standard InChI is InChI=1S/C16H23NO5/c1-4-5-16(19)22-11-15(18)17-9-8-12-6-7-13(20-2)14(10-12)21-3/h6-7,10H,4-5,8-9,11H2,1-3H3,(H,17,18). The van der Waals surface area contributed by atoms with Gasteiger partial charge in [0.05, 0.1) is 14.2 Å². The number of ether oxygens (including phenoxy) is 3. The summed E-state index contributed by atoms with van der Waals surface area (Å²) in [6.07, 6.45) is 1.69. The first-order chi connectivity index (χ1) is 10.6. The molecule has 0 fully saturated rings. The van der Waals surface area contributed by atoms with E-state index in [1.165, 1.54) is 0 Å². The molecule has 1 aromatic carbocycles. The molecule has 0 atom stereocenters. The predicted molar refractivity (Wildman–Crippen MR) is 82.1 cm³/mol. The summed E-state index contributed by atoms with van der Waals surface area (Å²) in [5.41, 5.74) is 1.01. The van der Waals surface area contributed by atoms with Crippen LogP contribution in [0, 0.1) is 0 Å². The molecule has 1 aromatic rings. The van der Waals surface area contributed by atoms with Crippen molar-refractivity contribution in [2.24, 2.45) is 0 Å². The fourth-order valence-corrected chi connectivity index (χ4v) is 1.86. The second kappa shape index (κ2) is 9.65. The van der Waals surface area contributed by atoms with Crippen LogP contribution < -0.4 is 14.8 Å². The number of hydrogen-bond acceptors (Lipinski definition) is 5. The smallest absolute Gasteiger partial charge is 0.306 e. The molecule has 0 saturated heterocycles. The highest BCUT2D eigenvalue weighted by Crippen LogP contribution is 2.27. The van der Waals surface area contributed by atoms with E-state index in [1.54, 1.807) is 14.2 Å². The number of methoxy groups -OCH3 is 2. The Balaban J connectivity index is 2.34. The molecule has 0 heterocycles. The largest absolute Gasteiger partial charge is 0.493 e. The molecule has 1 N–H and O–H groups in total. The number of amides is 1. The number of carbonyl (C=O) groups excluding carboxylic acids is 2. The van der Waals surface area contributed by atoms with Gasteiger partial charge in [0, 0.05) is 13.0 Å². The second-order valence-electron chi connectivity index (χ2n) is 4.70. The molecule has 0 bridgehead atoms. The SMILES string of the molecule is CCCC(=O)OCC(=O)NCCc1ccc(OC)c(OC)c1. The highest BCUT2D eigenvalue weighted by Gasteiger charge is 2.07. The number of rotatable bonds is 9. The van der Waals surface area contributed by atoms with Gasteiger partial charge in [-0.1, -0.05) is 13.0 Å². The van der Waals surface area contributed by atoms with E-state index in [1.807, 2.05) is 25.1 Å². The van der Waals surface area contributed by atoms with Gasteiger partial charge in [-0.25, -0.2) is 0 Å². The normalized spacial score (nSPS) is 9.95. The summed E-state index contributed by atoms with van der Waals surface area (Å²) in [5, 5.41) is 2.71. The van der Waals surface area contributed by atoms with E-state index in [0.717, 1.165) is 5.56 Å². The zero-order chi connectivity index (χ0) is 16.4. The van der Waals surface area contributed by atoms with Gasteiger partial charge in [0.25, 0.3) is 5.91 Å². The van der Waals surface area contributed by atoms with E-state index in [9.17, 15) is 9.59 Å². The Kier molecular flexibility index (Phi) is 7.81. The summed E-state index contributed by atoms with van der Waals surface area (Å²) in [6, 6.07) is 5.60. The van der Waals surface area contributed by atoms with E-state index in [0.29, 0.717) is 37.3 Å². The number of esters is 1. The van der Waals surface area contributed by atoms with Crippen molar-refractivity contribution in [3.8, 4) is 11.5 Å². The molecule has 1 rings (SSSR count). The van der Waals surface area contributed by atoms with Gasteiger partial charge in [-0.15, -0.1) is 0 Å². The molecule has 0 unspecified atom stereocenters. The fourth-order valence-electron chi connectivity index (χ4n) is 1.86. The van der Waals surface area contributed by atoms with Crippen molar-refractivity contribution >= 4 is 11.9 Å². The van der Waals surface area contributed by atoms with Gasteiger partial charge < -0.3 is 19.5 Å². The van der Waals surface area contributed by atoms with Crippen LogP contribution in [0.25, 0.3) is 0 Å². The lowest BCUT2D eigenvalue weighted by atomic mass is 10.1. The molecule has 0 radical (unpaired) electrons. The Morgan fingerprint density at radius 1 is 1.14 bits per heavy atom. The van der Waals surface area contributed by atoms with E-state index in [2.05, 4.69) is 5.32 Å². The third-order valence-electron chi connectivity index (χ3n) is 3.00. The minimum Gasteiger partial charge on any atom is -0.493 e. The molecule has 122 valence electrons. The number of carbonyl (C=O) groups is 2. The Hall–Kier alpha value is -2.24. The molecule has 0 aliphatic heterocycles. The van der Waals surface area contributed by atoms with Crippen molar-refractivity contribution in [2.45, 2.75) is 26.2 Å². The monoisotopic (exact) mass is 309 g/mol. The highest BCUT2D eigenvalue weighted by molar-refractivity contribution is 5.80. The first kappa shape index (κ1) is 17.8. The van der Waals surface area contributed by atoms with Crippen LogP contribution in [0.1, 0.15) is 25.3 Å². The van der Waals surface area contributed by atoms with Gasteiger partial charge in [-0.05, 0) is 30.5 Å². The lowest BCUT2D eigenvalue weighted by molar-refractivity contribution is -0.148. The Bertz CT molecular complexity index is 501. The molecular formula is C16H23NO5. The molecular weight excluding hydrogens is 286 g/mol. The van der Waals surface area contributed by atoms with Crippen molar-refractivity contribution in [3.63, 3.8) is 0 Å². The Morgan fingerprint density at radius 2 is 1.86 bits per heavy atom. The zero-order valence-corrected chi connectivity index (χ0v) is 13.3. The maximum atomic E-state index is 11.5. The van der Waals surface area contributed by atoms with Gasteiger partial charge in [-0.2, -0.15) is 0 Å². The van der Waals surface area contributed by atoms with E-state index in [-0.39, 0.29) is 18.5 Å². The molecule has 0 aromatic heterocycles. The van der Waals surface area contributed by atoms with Gasteiger partial charge in [0.15, 0.2) is 18.1 Å². The Morgan fingerprint density at radius 3 is 2.50 bits per heavy atom. The van der Waals surface area contributed by atoms with Crippen molar-refractivity contribution in [1.82, 2.24) is 5.32 Å². The summed E-state index contributed by atoms with van der Waals surface area (Å²) in [7, 11) is 3.16. The fraction of sp³-hybridized carbons (Fsp3) is 0.500. The molecule has 0 saturated carbocycles. The molecule has 1 amide bonds. The minimum atomic E-state index is -0.349. The zero-order valence-electron chi connectivity index (χ0n) is 13.3. The summed E-state index contributed by atoms with van der Waals surface area (Å²) in [5.74, 6) is 0.667. The third kappa shape index (κ3) is 6.03. The van der Waals surface area contributed by atoms with E-state index >= 15 is 0 Å². The van der Waals surface area contributed by atoms with Crippen LogP contribution in [-0.4, -0.2) is 39.2 Å². The van der Waals surface area contributed by atoms with Crippen LogP contribution in [0.5, 0.6) is 11.5 Å². The number of hydrogen-bond donors (Lipinski definition) is 1. The maximum absolute atomic E-state index is 11.5. The van der Waals surface area contributed by atoms with Crippen LogP contribution in [0.3, 0.4) is 0 Å². The predicted octanol–water partition coefficient (Wildman–Crippen LogP) is 1.71. The van der Waals surface area contributed by atoms with Gasteiger partial charge in [-0.3, -0.25) is 9.59 Å². The molecule has 0 aliphatic carbocycles. The highest BCUT2D eigenvalue weighted by atomic mass is 16.5.